The van der Waals surface area contributed by atoms with Crippen LogP contribution in [0.25, 0.3) is 16.9 Å². The van der Waals surface area contributed by atoms with Gasteiger partial charge in [-0.1, -0.05) is 45.0 Å². The van der Waals surface area contributed by atoms with Gasteiger partial charge in [0.2, 0.25) is 0 Å². The fourth-order valence-corrected chi connectivity index (χ4v) is 3.40. The molecule has 2 heterocycles. The molecule has 2 aromatic carbocycles. The minimum Gasteiger partial charge on any atom is -0.475 e. The Morgan fingerprint density at radius 2 is 1.50 bits per heavy atom. The zero-order valence-electron chi connectivity index (χ0n) is 22.1. The maximum Gasteiger partial charge on any atom is 0.490 e. The van der Waals surface area contributed by atoms with Crippen molar-refractivity contribution in [3.63, 3.8) is 0 Å². The molecule has 0 aliphatic carbocycles. The normalized spacial score (nSPS) is 11.4. The summed E-state index contributed by atoms with van der Waals surface area (Å²) >= 11 is 0. The molecule has 4 aromatic rings. The maximum atomic E-state index is 12.7. The van der Waals surface area contributed by atoms with Gasteiger partial charge < -0.3 is 15.2 Å². The highest BCUT2D eigenvalue weighted by Gasteiger charge is 2.38. The van der Waals surface area contributed by atoms with E-state index in [0.29, 0.717) is 34.9 Å². The van der Waals surface area contributed by atoms with Crippen LogP contribution in [0.1, 0.15) is 54.0 Å². The van der Waals surface area contributed by atoms with E-state index >= 15 is 0 Å². The van der Waals surface area contributed by atoms with Gasteiger partial charge in [0.1, 0.15) is 0 Å². The number of carbonyl (C=O) groups excluding carboxylic acids is 2. The molecule has 0 aliphatic rings. The van der Waals surface area contributed by atoms with Crippen LogP contribution in [0.4, 0.5) is 19.0 Å². The molecule has 2 aromatic heterocycles. The number of rotatable bonds is 5. The van der Waals surface area contributed by atoms with Crippen molar-refractivity contribution in [2.45, 2.75) is 39.3 Å². The second-order valence-corrected chi connectivity index (χ2v) is 9.53. The number of aromatic nitrogens is 3. The van der Waals surface area contributed by atoms with Crippen LogP contribution >= 0.6 is 0 Å². The first-order valence-corrected chi connectivity index (χ1v) is 12.0. The molecule has 1 amide bonds. The number of alkyl halides is 3. The van der Waals surface area contributed by atoms with Gasteiger partial charge in [-0.05, 0) is 54.3 Å². The number of halogens is 3. The van der Waals surface area contributed by atoms with Crippen LogP contribution in [-0.4, -0.2) is 50.3 Å². The fourth-order valence-electron chi connectivity index (χ4n) is 3.40. The minimum atomic E-state index is -5.08. The molecule has 0 saturated carbocycles. The largest absolute Gasteiger partial charge is 0.490 e. The van der Waals surface area contributed by atoms with E-state index in [0.717, 1.165) is 5.56 Å². The summed E-state index contributed by atoms with van der Waals surface area (Å²) in [4.78, 5) is 37.8. The van der Waals surface area contributed by atoms with Crippen LogP contribution in [0.3, 0.4) is 0 Å². The summed E-state index contributed by atoms with van der Waals surface area (Å²) in [7, 11) is 0. The average Bonchev–Trinajstić information content (AvgIpc) is 3.29. The van der Waals surface area contributed by atoms with E-state index in [4.69, 9.17) is 14.6 Å². The monoisotopic (exact) mass is 556 g/mol. The van der Waals surface area contributed by atoms with E-state index in [1.165, 1.54) is 5.56 Å². The third-order valence-electron chi connectivity index (χ3n) is 5.51. The summed E-state index contributed by atoms with van der Waals surface area (Å²) in [6.07, 6.45) is -3.41. The summed E-state index contributed by atoms with van der Waals surface area (Å²) in [5.41, 5.74) is 4.42. The Morgan fingerprint density at radius 3 is 2.02 bits per heavy atom. The number of carbonyl (C=O) groups is 3. The molecular weight excluding hydrogens is 529 g/mol. The number of nitrogens with one attached hydrogen (secondary N) is 1. The standard InChI is InChI=1S/C26H26N4O3.C2HF3O2/c1-5-33-25(32)19-8-6-17(7-9-19)21-14-15-23-27-22(16-30(23)29-21)28-24(31)18-10-12-20(13-11-18)26(2,3)4;3-2(4,5)1(6)7/h6-16H,5H2,1-4H3,(H,28,31);(H,6,7). The number of carboxylic acids is 1. The first-order valence-electron chi connectivity index (χ1n) is 12.0. The molecule has 0 bridgehead atoms. The number of benzene rings is 2. The molecule has 40 heavy (non-hydrogen) atoms. The summed E-state index contributed by atoms with van der Waals surface area (Å²) < 4.78 is 38.4. The van der Waals surface area contributed by atoms with E-state index in [1.807, 2.05) is 48.5 Å². The molecule has 0 spiro atoms. The number of carboxylic acid groups (broad SMARTS) is 1. The molecular formula is C28H27F3N4O5. The van der Waals surface area contributed by atoms with Gasteiger partial charge in [-0.25, -0.2) is 19.1 Å². The quantitative estimate of drug-likeness (QED) is 0.300. The number of imidazole rings is 1. The van der Waals surface area contributed by atoms with Crippen molar-refractivity contribution in [2.75, 3.05) is 11.9 Å². The highest BCUT2D eigenvalue weighted by atomic mass is 19.4. The Labute approximate surface area is 227 Å². The van der Waals surface area contributed by atoms with Crippen LogP contribution in [-0.2, 0) is 14.9 Å². The van der Waals surface area contributed by atoms with Gasteiger partial charge in [-0.15, -0.1) is 0 Å². The van der Waals surface area contributed by atoms with Crippen molar-refractivity contribution in [1.29, 1.82) is 0 Å². The van der Waals surface area contributed by atoms with Crippen LogP contribution in [0, 0.1) is 0 Å². The van der Waals surface area contributed by atoms with Crippen molar-refractivity contribution < 1.29 is 37.4 Å². The number of hydrogen-bond acceptors (Lipinski definition) is 6. The first kappa shape index (κ1) is 29.8. The van der Waals surface area contributed by atoms with Crippen molar-refractivity contribution in [1.82, 2.24) is 14.6 Å². The maximum absolute atomic E-state index is 12.7. The van der Waals surface area contributed by atoms with Gasteiger partial charge in [0.15, 0.2) is 11.5 Å². The Balaban J connectivity index is 0.000000559. The number of nitrogens with zero attached hydrogens (tertiary/aromatic N) is 3. The number of hydrogen-bond donors (Lipinski definition) is 2. The molecule has 12 heteroatoms. The molecule has 0 saturated heterocycles. The summed E-state index contributed by atoms with van der Waals surface area (Å²) in [5.74, 6) is -2.92. The van der Waals surface area contributed by atoms with Gasteiger partial charge >= 0.3 is 18.1 Å². The number of fused-ring (bicyclic) bond motifs is 1. The number of ether oxygens (including phenoxy) is 1. The lowest BCUT2D eigenvalue weighted by Gasteiger charge is -2.18. The topological polar surface area (TPSA) is 123 Å². The third kappa shape index (κ3) is 7.65. The van der Waals surface area contributed by atoms with E-state index in [9.17, 15) is 22.8 Å². The lowest BCUT2D eigenvalue weighted by molar-refractivity contribution is -0.192. The molecule has 0 atom stereocenters. The predicted molar refractivity (Wildman–Crippen MR) is 141 cm³/mol. The lowest BCUT2D eigenvalue weighted by atomic mass is 9.87. The Kier molecular flexibility index (Phi) is 8.92. The number of aliphatic carboxylic acids is 1. The summed E-state index contributed by atoms with van der Waals surface area (Å²) in [6, 6.07) is 18.3. The van der Waals surface area contributed by atoms with E-state index in [1.54, 1.807) is 29.8 Å². The average molecular weight is 557 g/mol. The minimum absolute atomic E-state index is 0.0269. The molecule has 0 radical (unpaired) electrons. The number of esters is 1. The van der Waals surface area contributed by atoms with Gasteiger partial charge in [-0.3, -0.25) is 4.79 Å². The second-order valence-electron chi connectivity index (χ2n) is 9.53. The molecule has 0 fully saturated rings. The molecule has 4 rings (SSSR count). The Hall–Kier alpha value is -4.74. The van der Waals surface area contributed by atoms with Crippen molar-refractivity contribution in [3.05, 3.63) is 83.6 Å². The van der Waals surface area contributed by atoms with Crippen molar-refractivity contribution >= 4 is 29.3 Å². The zero-order valence-corrected chi connectivity index (χ0v) is 22.1. The zero-order chi connectivity index (χ0) is 29.7. The second kappa shape index (κ2) is 12.0. The molecule has 2 N–H and O–H groups in total. The highest BCUT2D eigenvalue weighted by molar-refractivity contribution is 6.03. The molecule has 9 nitrogen and oxygen atoms in total. The van der Waals surface area contributed by atoms with Gasteiger partial charge in [0.05, 0.1) is 24.1 Å². The van der Waals surface area contributed by atoms with Crippen molar-refractivity contribution in [2.24, 2.45) is 0 Å². The Morgan fingerprint density at radius 1 is 0.925 bits per heavy atom. The molecule has 210 valence electrons. The lowest BCUT2D eigenvalue weighted by Crippen LogP contribution is -2.21. The van der Waals surface area contributed by atoms with Crippen LogP contribution in [0.5, 0.6) is 0 Å². The molecule has 0 aliphatic heterocycles. The van der Waals surface area contributed by atoms with E-state index in [-0.39, 0.29) is 17.3 Å². The van der Waals surface area contributed by atoms with E-state index in [2.05, 4.69) is 36.2 Å². The predicted octanol–water partition coefficient (Wildman–Crippen LogP) is 5.76. The number of anilines is 1. The summed E-state index contributed by atoms with van der Waals surface area (Å²) in [5, 5.41) is 14.5. The van der Waals surface area contributed by atoms with Gasteiger partial charge in [-0.2, -0.15) is 18.3 Å². The van der Waals surface area contributed by atoms with E-state index < -0.39 is 12.1 Å². The first-order chi connectivity index (χ1) is 18.7. The third-order valence-corrected chi connectivity index (χ3v) is 5.51. The fraction of sp³-hybridized carbons (Fsp3) is 0.250. The SMILES string of the molecule is CCOC(=O)c1ccc(-c2ccc3nc(NC(=O)c4ccc(C(C)(C)C)cc4)cn3n2)cc1.O=C(O)C(F)(F)F. The van der Waals surface area contributed by atoms with Gasteiger partial charge in [0, 0.05) is 11.1 Å². The molecule has 0 unspecified atom stereocenters. The van der Waals surface area contributed by atoms with Gasteiger partial charge in [0.25, 0.3) is 5.91 Å². The Bertz CT molecular complexity index is 1510. The van der Waals surface area contributed by atoms with Crippen LogP contribution in [0.2, 0.25) is 0 Å². The smallest absolute Gasteiger partial charge is 0.475 e. The van der Waals surface area contributed by atoms with Crippen molar-refractivity contribution in [3.8, 4) is 11.3 Å². The number of amides is 1. The van der Waals surface area contributed by atoms with Crippen LogP contribution < -0.4 is 5.32 Å². The van der Waals surface area contributed by atoms with Crippen LogP contribution in [0.15, 0.2) is 66.9 Å². The summed E-state index contributed by atoms with van der Waals surface area (Å²) in [6.45, 7) is 8.51. The highest BCUT2D eigenvalue weighted by Crippen LogP contribution is 2.23.